The molecule has 0 radical (unpaired) electrons. The summed E-state index contributed by atoms with van der Waals surface area (Å²) in [5.74, 6) is 0.173. The van der Waals surface area contributed by atoms with E-state index in [0.29, 0.717) is 10.7 Å². The van der Waals surface area contributed by atoms with Crippen LogP contribution in [0.2, 0.25) is 0 Å². The highest BCUT2D eigenvalue weighted by Crippen LogP contribution is 2.21. The fourth-order valence-electron chi connectivity index (χ4n) is 1.79. The zero-order chi connectivity index (χ0) is 13.8. The number of aromatic amines is 1. The summed E-state index contributed by atoms with van der Waals surface area (Å²) in [7, 11) is 0. The normalized spacial score (nSPS) is 10.6. The minimum atomic E-state index is -0.101. The van der Waals surface area contributed by atoms with Gasteiger partial charge in [0.1, 0.15) is 5.03 Å². The van der Waals surface area contributed by atoms with E-state index in [9.17, 15) is 4.79 Å². The summed E-state index contributed by atoms with van der Waals surface area (Å²) in [5, 5.41) is 14.6. The minimum Gasteiger partial charge on any atom is -0.323 e. The first-order valence-corrected chi connectivity index (χ1v) is 6.93. The summed E-state index contributed by atoms with van der Waals surface area (Å²) in [6.07, 6.45) is 3.29. The van der Waals surface area contributed by atoms with E-state index in [-0.39, 0.29) is 11.7 Å². The molecule has 0 saturated heterocycles. The minimum absolute atomic E-state index is 0.101. The number of nitrogens with one attached hydrogen (secondary N) is 2. The van der Waals surface area contributed by atoms with Gasteiger partial charge < -0.3 is 5.32 Å². The molecule has 0 saturated carbocycles. The van der Waals surface area contributed by atoms with Crippen LogP contribution >= 0.6 is 11.8 Å². The van der Waals surface area contributed by atoms with E-state index in [1.165, 1.54) is 11.8 Å². The number of carbonyl (C=O) groups is 1. The van der Waals surface area contributed by atoms with Crippen molar-refractivity contribution in [1.29, 1.82) is 0 Å². The van der Waals surface area contributed by atoms with Crippen LogP contribution < -0.4 is 5.32 Å². The lowest BCUT2D eigenvalue weighted by Crippen LogP contribution is -2.14. The number of benzene rings is 1. The summed E-state index contributed by atoms with van der Waals surface area (Å²) in [6, 6.07) is 9.52. The number of pyridine rings is 1. The highest BCUT2D eigenvalue weighted by Gasteiger charge is 2.08. The van der Waals surface area contributed by atoms with Crippen molar-refractivity contribution < 1.29 is 4.79 Å². The number of H-pyrrole nitrogens is 1. The maximum atomic E-state index is 11.9. The first-order valence-electron chi connectivity index (χ1n) is 5.95. The van der Waals surface area contributed by atoms with Gasteiger partial charge in [0.25, 0.3) is 0 Å². The Bertz CT molecular complexity index is 723. The third-order valence-electron chi connectivity index (χ3n) is 2.65. The quantitative estimate of drug-likeness (QED) is 0.717. The number of thioether (sulfide) groups is 1. The van der Waals surface area contributed by atoms with Gasteiger partial charge in [-0.05, 0) is 12.1 Å². The van der Waals surface area contributed by atoms with E-state index >= 15 is 0 Å². The number of amides is 1. The number of hydrogen-bond acceptors (Lipinski definition) is 5. The van der Waals surface area contributed by atoms with E-state index < -0.39 is 0 Å². The van der Waals surface area contributed by atoms with Crippen molar-refractivity contribution in [3.63, 3.8) is 0 Å². The van der Waals surface area contributed by atoms with Crippen LogP contribution in [-0.4, -0.2) is 32.1 Å². The first-order chi connectivity index (χ1) is 9.83. The Labute approximate surface area is 119 Å². The number of fused-ring (bicyclic) bond motifs is 1. The molecule has 20 heavy (non-hydrogen) atoms. The highest BCUT2D eigenvalue weighted by atomic mass is 32.2. The predicted octanol–water partition coefficient (Wildman–Crippen LogP) is 2.08. The molecule has 0 spiro atoms. The molecule has 0 aliphatic rings. The second-order valence-electron chi connectivity index (χ2n) is 4.03. The van der Waals surface area contributed by atoms with Gasteiger partial charge in [-0.1, -0.05) is 30.0 Å². The van der Waals surface area contributed by atoms with E-state index in [2.05, 4.69) is 25.7 Å². The summed E-state index contributed by atoms with van der Waals surface area (Å²) in [6.45, 7) is 0. The Balaban J connectivity index is 1.71. The smallest absolute Gasteiger partial charge is 0.234 e. The maximum absolute atomic E-state index is 11.9. The van der Waals surface area contributed by atoms with Gasteiger partial charge >= 0.3 is 0 Å². The monoisotopic (exact) mass is 285 g/mol. The first kappa shape index (κ1) is 12.6. The molecule has 1 amide bonds. The largest absolute Gasteiger partial charge is 0.323 e. The van der Waals surface area contributed by atoms with Crippen LogP contribution in [0.25, 0.3) is 10.9 Å². The maximum Gasteiger partial charge on any atom is 0.234 e. The molecule has 0 bridgehead atoms. The summed E-state index contributed by atoms with van der Waals surface area (Å²) in [5.41, 5.74) is 1.50. The number of nitrogens with zero attached hydrogens (tertiary/aromatic N) is 3. The SMILES string of the molecule is O=C(CSc1cn[nH]n1)Nc1cccc2cccnc12. The zero-order valence-electron chi connectivity index (χ0n) is 10.4. The van der Waals surface area contributed by atoms with E-state index in [1.807, 2.05) is 30.3 Å². The van der Waals surface area contributed by atoms with Crippen LogP contribution in [0.5, 0.6) is 0 Å². The van der Waals surface area contributed by atoms with Crippen molar-refractivity contribution in [3.8, 4) is 0 Å². The van der Waals surface area contributed by atoms with Crippen LogP contribution in [0.4, 0.5) is 5.69 Å². The van der Waals surface area contributed by atoms with Gasteiger partial charge in [0.2, 0.25) is 5.91 Å². The zero-order valence-corrected chi connectivity index (χ0v) is 11.2. The molecular weight excluding hydrogens is 274 g/mol. The Hall–Kier alpha value is -2.41. The lowest BCUT2D eigenvalue weighted by atomic mass is 10.2. The molecule has 100 valence electrons. The highest BCUT2D eigenvalue weighted by molar-refractivity contribution is 7.99. The average Bonchev–Trinajstić information content (AvgIpc) is 2.99. The predicted molar refractivity (Wildman–Crippen MR) is 77.5 cm³/mol. The van der Waals surface area contributed by atoms with E-state index in [1.54, 1.807) is 12.4 Å². The van der Waals surface area contributed by atoms with Crippen LogP contribution in [0, 0.1) is 0 Å². The van der Waals surface area contributed by atoms with Crippen molar-refractivity contribution in [1.82, 2.24) is 20.4 Å². The molecule has 0 aliphatic carbocycles. The molecule has 3 aromatic rings. The van der Waals surface area contributed by atoms with E-state index in [4.69, 9.17) is 0 Å². The lowest BCUT2D eigenvalue weighted by Gasteiger charge is -2.07. The van der Waals surface area contributed by atoms with Crippen molar-refractivity contribution in [3.05, 3.63) is 42.7 Å². The van der Waals surface area contributed by atoms with Crippen molar-refractivity contribution in [2.75, 3.05) is 11.1 Å². The average molecular weight is 285 g/mol. The van der Waals surface area contributed by atoms with Crippen LogP contribution in [-0.2, 0) is 4.79 Å². The topological polar surface area (TPSA) is 83.6 Å². The number of hydrogen-bond donors (Lipinski definition) is 2. The Morgan fingerprint density at radius 2 is 2.20 bits per heavy atom. The molecule has 1 aromatic carbocycles. The number of anilines is 1. The third-order valence-corrected chi connectivity index (χ3v) is 3.55. The van der Waals surface area contributed by atoms with Gasteiger partial charge in [0, 0.05) is 11.6 Å². The number of rotatable bonds is 4. The van der Waals surface area contributed by atoms with Crippen molar-refractivity contribution in [2.24, 2.45) is 0 Å². The fraction of sp³-hybridized carbons (Fsp3) is 0.0769. The van der Waals surface area contributed by atoms with Gasteiger partial charge in [0.15, 0.2) is 0 Å². The lowest BCUT2D eigenvalue weighted by molar-refractivity contribution is -0.113. The second-order valence-corrected chi connectivity index (χ2v) is 5.02. The molecule has 2 heterocycles. The van der Waals surface area contributed by atoms with Gasteiger partial charge in [-0.3, -0.25) is 9.78 Å². The van der Waals surface area contributed by atoms with Crippen LogP contribution in [0.3, 0.4) is 0 Å². The molecule has 2 aromatic heterocycles. The fourth-order valence-corrected chi connectivity index (χ4v) is 2.38. The molecule has 0 atom stereocenters. The molecule has 0 unspecified atom stereocenters. The number of para-hydroxylation sites is 1. The van der Waals surface area contributed by atoms with Gasteiger partial charge in [-0.15, -0.1) is 5.10 Å². The molecule has 3 rings (SSSR count). The van der Waals surface area contributed by atoms with Gasteiger partial charge in [0.05, 0.1) is 23.2 Å². The van der Waals surface area contributed by atoms with E-state index in [0.717, 1.165) is 10.9 Å². The third kappa shape index (κ3) is 2.77. The van der Waals surface area contributed by atoms with Crippen LogP contribution in [0.15, 0.2) is 47.8 Å². The molecule has 2 N–H and O–H groups in total. The Kier molecular flexibility index (Phi) is 3.60. The number of carbonyl (C=O) groups excluding carboxylic acids is 1. The molecule has 6 nitrogen and oxygen atoms in total. The molecule has 0 fully saturated rings. The molecule has 0 aliphatic heterocycles. The second kappa shape index (κ2) is 5.70. The summed E-state index contributed by atoms with van der Waals surface area (Å²) < 4.78 is 0. The van der Waals surface area contributed by atoms with Gasteiger partial charge in [-0.25, -0.2) is 0 Å². The van der Waals surface area contributed by atoms with Gasteiger partial charge in [-0.2, -0.15) is 10.3 Å². The Morgan fingerprint density at radius 1 is 1.30 bits per heavy atom. The molecule has 7 heteroatoms. The van der Waals surface area contributed by atoms with Crippen LogP contribution in [0.1, 0.15) is 0 Å². The van der Waals surface area contributed by atoms with Crippen molar-refractivity contribution in [2.45, 2.75) is 5.03 Å². The Morgan fingerprint density at radius 3 is 3.05 bits per heavy atom. The summed E-state index contributed by atoms with van der Waals surface area (Å²) >= 11 is 1.32. The number of aromatic nitrogens is 4. The molecular formula is C13H11N5OS. The van der Waals surface area contributed by atoms with Crippen molar-refractivity contribution >= 4 is 34.3 Å². The standard InChI is InChI=1S/C13H11N5OS/c19-11(8-20-12-7-15-18-17-12)16-10-5-1-3-9-4-2-6-14-13(9)10/h1-7H,8H2,(H,16,19)(H,15,17,18). The summed E-state index contributed by atoms with van der Waals surface area (Å²) in [4.78, 5) is 16.2.